The molecule has 5 nitrogen and oxygen atoms in total. The minimum Gasteiger partial charge on any atom is -0.497 e. The quantitative estimate of drug-likeness (QED) is 0.468. The van der Waals surface area contributed by atoms with E-state index in [0.717, 1.165) is 11.1 Å². The number of carbonyl (C=O) groups is 2. The van der Waals surface area contributed by atoms with Crippen molar-refractivity contribution in [3.05, 3.63) is 99.5 Å². The molecule has 1 N–H and O–H groups in total. The van der Waals surface area contributed by atoms with Crippen molar-refractivity contribution in [1.29, 1.82) is 0 Å². The largest absolute Gasteiger partial charge is 0.497 e. The zero-order valence-electron chi connectivity index (χ0n) is 18.6. The number of hydrogen-bond acceptors (Lipinski definition) is 3. The molecule has 0 aliphatic heterocycles. The van der Waals surface area contributed by atoms with Gasteiger partial charge in [0.05, 0.1) is 13.5 Å². The van der Waals surface area contributed by atoms with Crippen LogP contribution in [-0.4, -0.2) is 36.9 Å². The molecule has 2 amide bonds. The molecule has 3 aromatic rings. The predicted molar refractivity (Wildman–Crippen MR) is 132 cm³/mol. The highest BCUT2D eigenvalue weighted by Crippen LogP contribution is 2.24. The van der Waals surface area contributed by atoms with Crippen molar-refractivity contribution >= 4 is 35.0 Å². The number of nitrogens with one attached hydrogen (secondary N) is 1. The van der Waals surface area contributed by atoms with E-state index >= 15 is 0 Å². The first-order valence-electron chi connectivity index (χ1n) is 10.5. The molecule has 0 heterocycles. The van der Waals surface area contributed by atoms with Gasteiger partial charge in [0.25, 0.3) is 0 Å². The SMILES string of the molecule is CNC(=O)C(Cc1ccccc1)N(Cc1cccc(OC)c1)C(=O)Cc1ccc(Cl)cc1Cl. The molecule has 0 aliphatic rings. The second-order valence-corrected chi connectivity index (χ2v) is 8.45. The average molecular weight is 485 g/mol. The van der Waals surface area contributed by atoms with Gasteiger partial charge >= 0.3 is 0 Å². The number of hydrogen-bond donors (Lipinski definition) is 1. The highest BCUT2D eigenvalue weighted by molar-refractivity contribution is 6.35. The smallest absolute Gasteiger partial charge is 0.242 e. The molecule has 0 spiro atoms. The minimum atomic E-state index is -0.706. The molecule has 3 aromatic carbocycles. The fourth-order valence-corrected chi connectivity index (χ4v) is 4.09. The summed E-state index contributed by atoms with van der Waals surface area (Å²) in [5.41, 5.74) is 2.46. The summed E-state index contributed by atoms with van der Waals surface area (Å²) in [6.45, 7) is 0.242. The number of rotatable bonds is 9. The van der Waals surface area contributed by atoms with Gasteiger partial charge in [0.1, 0.15) is 11.8 Å². The van der Waals surface area contributed by atoms with E-state index in [1.165, 1.54) is 0 Å². The van der Waals surface area contributed by atoms with Crippen molar-refractivity contribution in [1.82, 2.24) is 10.2 Å². The number of likely N-dealkylation sites (N-methyl/N-ethyl adjacent to an activating group) is 1. The molecule has 0 saturated heterocycles. The number of methoxy groups -OCH3 is 1. The summed E-state index contributed by atoms with van der Waals surface area (Å²) in [7, 11) is 3.16. The van der Waals surface area contributed by atoms with Gasteiger partial charge in [-0.05, 0) is 41.0 Å². The third-order valence-electron chi connectivity index (χ3n) is 5.36. The monoisotopic (exact) mass is 484 g/mol. The lowest BCUT2D eigenvalue weighted by molar-refractivity contribution is -0.140. The molecule has 0 radical (unpaired) electrons. The number of halogens is 2. The molecular formula is C26H26Cl2N2O3. The van der Waals surface area contributed by atoms with Crippen LogP contribution < -0.4 is 10.1 Å². The maximum atomic E-state index is 13.6. The van der Waals surface area contributed by atoms with Gasteiger partial charge in [-0.1, -0.05) is 71.7 Å². The maximum absolute atomic E-state index is 13.6. The number of carbonyl (C=O) groups excluding carboxylic acids is 2. The minimum absolute atomic E-state index is 0.0439. The van der Waals surface area contributed by atoms with Crippen molar-refractivity contribution in [2.75, 3.05) is 14.2 Å². The second kappa shape index (κ2) is 11.7. The third kappa shape index (κ3) is 6.73. The van der Waals surface area contributed by atoms with E-state index in [2.05, 4.69) is 5.32 Å². The lowest BCUT2D eigenvalue weighted by Crippen LogP contribution is -2.50. The lowest BCUT2D eigenvalue weighted by atomic mass is 10.0. The lowest BCUT2D eigenvalue weighted by Gasteiger charge is -2.31. The first-order valence-corrected chi connectivity index (χ1v) is 11.3. The molecule has 3 rings (SSSR count). The summed E-state index contributed by atoms with van der Waals surface area (Å²) in [6.07, 6.45) is 0.423. The van der Waals surface area contributed by atoms with Gasteiger partial charge < -0.3 is 15.0 Å². The molecule has 0 aliphatic carbocycles. The van der Waals surface area contributed by atoms with Crippen molar-refractivity contribution in [3.8, 4) is 5.75 Å². The third-order valence-corrected chi connectivity index (χ3v) is 5.95. The zero-order chi connectivity index (χ0) is 23.8. The zero-order valence-corrected chi connectivity index (χ0v) is 20.1. The van der Waals surface area contributed by atoms with Crippen LogP contribution in [0.5, 0.6) is 5.75 Å². The molecule has 0 aromatic heterocycles. The van der Waals surface area contributed by atoms with Gasteiger partial charge in [-0.2, -0.15) is 0 Å². The van der Waals surface area contributed by atoms with Gasteiger partial charge in [-0.15, -0.1) is 0 Å². The summed E-state index contributed by atoms with van der Waals surface area (Å²) in [6, 6.07) is 21.4. The Morgan fingerprint density at radius 3 is 2.36 bits per heavy atom. The van der Waals surface area contributed by atoms with Gasteiger partial charge in [0.2, 0.25) is 11.8 Å². The summed E-state index contributed by atoms with van der Waals surface area (Å²) >= 11 is 12.3. The Balaban J connectivity index is 1.97. The fraction of sp³-hybridized carbons (Fsp3) is 0.231. The van der Waals surface area contributed by atoms with Gasteiger partial charge in [-0.3, -0.25) is 9.59 Å². The molecule has 1 atom stereocenters. The van der Waals surface area contributed by atoms with Crippen LogP contribution in [0.4, 0.5) is 0 Å². The van der Waals surface area contributed by atoms with Crippen LogP contribution in [0, 0.1) is 0 Å². The van der Waals surface area contributed by atoms with Crippen LogP contribution in [0.1, 0.15) is 16.7 Å². The first kappa shape index (κ1) is 24.6. The molecule has 0 fully saturated rings. The maximum Gasteiger partial charge on any atom is 0.242 e. The summed E-state index contributed by atoms with van der Waals surface area (Å²) < 4.78 is 5.33. The summed E-state index contributed by atoms with van der Waals surface area (Å²) in [5.74, 6) is 0.226. The van der Waals surface area contributed by atoms with Gasteiger partial charge in [0.15, 0.2) is 0 Å². The molecule has 33 heavy (non-hydrogen) atoms. The van der Waals surface area contributed by atoms with Crippen LogP contribution >= 0.6 is 23.2 Å². The Hall–Kier alpha value is -3.02. The Bertz CT molecular complexity index is 1110. The van der Waals surface area contributed by atoms with E-state index in [0.29, 0.717) is 27.8 Å². The Labute approximate surface area is 204 Å². The predicted octanol–water partition coefficient (Wildman–Crippen LogP) is 4.93. The average Bonchev–Trinajstić information content (AvgIpc) is 2.83. The first-order chi connectivity index (χ1) is 15.9. The van der Waals surface area contributed by atoms with E-state index in [9.17, 15) is 9.59 Å². The molecule has 172 valence electrons. The van der Waals surface area contributed by atoms with Crippen LogP contribution in [0.15, 0.2) is 72.8 Å². The van der Waals surface area contributed by atoms with Crippen LogP contribution in [0.3, 0.4) is 0 Å². The van der Waals surface area contributed by atoms with E-state index in [-0.39, 0.29) is 24.8 Å². The number of amides is 2. The molecule has 7 heteroatoms. The van der Waals surface area contributed by atoms with Crippen LogP contribution in [0.25, 0.3) is 0 Å². The Morgan fingerprint density at radius 1 is 0.970 bits per heavy atom. The molecule has 0 bridgehead atoms. The highest BCUT2D eigenvalue weighted by Gasteiger charge is 2.30. The van der Waals surface area contributed by atoms with Crippen LogP contribution in [-0.2, 0) is 29.0 Å². The van der Waals surface area contributed by atoms with E-state index in [1.54, 1.807) is 37.3 Å². The summed E-state index contributed by atoms with van der Waals surface area (Å²) in [5, 5.41) is 3.62. The second-order valence-electron chi connectivity index (χ2n) is 7.61. The van der Waals surface area contributed by atoms with E-state index < -0.39 is 6.04 Å². The number of ether oxygens (including phenoxy) is 1. The standard InChI is InChI=1S/C26H26Cl2N2O3/c1-29-26(32)24(14-18-7-4-3-5-8-18)30(17-19-9-6-10-22(13-19)33-2)25(31)15-20-11-12-21(27)16-23(20)28/h3-13,16,24H,14-15,17H2,1-2H3,(H,29,32). The summed E-state index contributed by atoms with van der Waals surface area (Å²) in [4.78, 5) is 28.2. The van der Waals surface area contributed by atoms with Gasteiger partial charge in [-0.25, -0.2) is 0 Å². The number of nitrogens with zero attached hydrogens (tertiary/aromatic N) is 1. The fourth-order valence-electron chi connectivity index (χ4n) is 3.62. The van der Waals surface area contributed by atoms with Crippen molar-refractivity contribution < 1.29 is 14.3 Å². The Kier molecular flexibility index (Phi) is 8.75. The van der Waals surface area contributed by atoms with Crippen molar-refractivity contribution in [3.63, 3.8) is 0 Å². The highest BCUT2D eigenvalue weighted by atomic mass is 35.5. The van der Waals surface area contributed by atoms with Crippen molar-refractivity contribution in [2.45, 2.75) is 25.4 Å². The van der Waals surface area contributed by atoms with Crippen LogP contribution in [0.2, 0.25) is 10.0 Å². The van der Waals surface area contributed by atoms with E-state index in [4.69, 9.17) is 27.9 Å². The number of benzene rings is 3. The normalized spacial score (nSPS) is 11.5. The molecule has 1 unspecified atom stereocenters. The topological polar surface area (TPSA) is 58.6 Å². The molecular weight excluding hydrogens is 459 g/mol. The van der Waals surface area contributed by atoms with Crippen molar-refractivity contribution in [2.24, 2.45) is 0 Å². The van der Waals surface area contributed by atoms with E-state index in [1.807, 2.05) is 54.6 Å². The Morgan fingerprint density at radius 2 is 1.70 bits per heavy atom. The van der Waals surface area contributed by atoms with Gasteiger partial charge in [0, 0.05) is 30.1 Å². The molecule has 0 saturated carbocycles.